The number of halogens is 1. The molecule has 0 saturated carbocycles. The number of fused-ring (bicyclic) bond motifs is 1. The molecule has 3 aliphatic heterocycles. The lowest BCUT2D eigenvalue weighted by atomic mass is 9.91. The second kappa shape index (κ2) is 8.35. The third-order valence-electron chi connectivity index (χ3n) is 6.47. The first kappa shape index (κ1) is 20.6. The summed E-state index contributed by atoms with van der Waals surface area (Å²) in [6.07, 6.45) is 0.580. The minimum absolute atomic E-state index is 0.146. The van der Waals surface area contributed by atoms with Gasteiger partial charge in [0.1, 0.15) is 24.2 Å². The lowest BCUT2D eigenvalue weighted by molar-refractivity contribution is -0.136. The number of hydrogen-bond donors (Lipinski definition) is 1. The standard InChI is InChI=1S/C24H24FN3O4/c25-20-4-2-1-3-18(20)16-12-27(13-16)9-10-32-17-5-6-19-15(11-17)14-28(24(19)31)21-7-8-22(29)26-23(21)30/h1-6,11,16,21H,7-10,12-14H2,(H,26,29,30). The topological polar surface area (TPSA) is 79.0 Å². The Morgan fingerprint density at radius 1 is 1.09 bits per heavy atom. The van der Waals surface area contributed by atoms with E-state index in [1.165, 1.54) is 11.0 Å². The Morgan fingerprint density at radius 3 is 2.69 bits per heavy atom. The number of nitrogens with zero attached hydrogens (tertiary/aromatic N) is 2. The zero-order valence-corrected chi connectivity index (χ0v) is 17.6. The van der Waals surface area contributed by atoms with Crippen LogP contribution in [0.15, 0.2) is 42.5 Å². The molecular weight excluding hydrogens is 413 g/mol. The Hall–Kier alpha value is -3.26. The van der Waals surface area contributed by atoms with Crippen molar-refractivity contribution >= 4 is 17.7 Å². The lowest BCUT2D eigenvalue weighted by Gasteiger charge is -2.39. The van der Waals surface area contributed by atoms with Crippen LogP contribution in [0.4, 0.5) is 4.39 Å². The Labute approximate surface area is 185 Å². The van der Waals surface area contributed by atoms with E-state index >= 15 is 0 Å². The maximum Gasteiger partial charge on any atom is 0.255 e. The van der Waals surface area contributed by atoms with Gasteiger partial charge in [-0.3, -0.25) is 24.6 Å². The van der Waals surface area contributed by atoms with E-state index < -0.39 is 11.9 Å². The van der Waals surface area contributed by atoms with E-state index in [4.69, 9.17) is 4.74 Å². The smallest absolute Gasteiger partial charge is 0.255 e. The Balaban J connectivity index is 1.13. The van der Waals surface area contributed by atoms with Crippen LogP contribution in [0.5, 0.6) is 5.75 Å². The number of imide groups is 1. The number of rotatable bonds is 6. The molecule has 1 atom stereocenters. The van der Waals surface area contributed by atoms with Crippen LogP contribution in [-0.2, 0) is 16.1 Å². The zero-order chi connectivity index (χ0) is 22.2. The summed E-state index contributed by atoms with van der Waals surface area (Å²) in [7, 11) is 0. The number of likely N-dealkylation sites (tertiary alicyclic amines) is 1. The number of amides is 3. The summed E-state index contributed by atoms with van der Waals surface area (Å²) in [6.45, 7) is 3.18. The molecule has 0 aliphatic carbocycles. The lowest BCUT2D eigenvalue weighted by Crippen LogP contribution is -2.52. The molecule has 0 aromatic heterocycles. The molecule has 0 radical (unpaired) electrons. The first-order valence-corrected chi connectivity index (χ1v) is 10.9. The first-order chi connectivity index (χ1) is 15.5. The van der Waals surface area contributed by atoms with Gasteiger partial charge in [0.05, 0.1) is 0 Å². The van der Waals surface area contributed by atoms with Crippen LogP contribution in [-0.4, -0.2) is 59.8 Å². The number of carbonyl (C=O) groups excluding carboxylic acids is 3. The van der Waals surface area contributed by atoms with Gasteiger partial charge in [0.15, 0.2) is 0 Å². The van der Waals surface area contributed by atoms with E-state index in [1.54, 1.807) is 18.2 Å². The highest BCUT2D eigenvalue weighted by atomic mass is 19.1. The molecule has 2 fully saturated rings. The van der Waals surface area contributed by atoms with Crippen LogP contribution in [0.3, 0.4) is 0 Å². The Morgan fingerprint density at radius 2 is 1.91 bits per heavy atom. The Bertz CT molecular complexity index is 1080. The van der Waals surface area contributed by atoms with Crippen molar-refractivity contribution in [1.29, 1.82) is 0 Å². The summed E-state index contributed by atoms with van der Waals surface area (Å²) in [5.74, 6) is -0.155. The molecule has 3 heterocycles. The van der Waals surface area contributed by atoms with Crippen molar-refractivity contribution in [3.63, 3.8) is 0 Å². The van der Waals surface area contributed by atoms with Crippen LogP contribution in [0.1, 0.15) is 40.2 Å². The van der Waals surface area contributed by atoms with Gasteiger partial charge in [-0.15, -0.1) is 0 Å². The number of nitrogens with one attached hydrogen (secondary N) is 1. The number of ether oxygens (including phenoxy) is 1. The highest BCUT2D eigenvalue weighted by Crippen LogP contribution is 2.31. The molecule has 166 valence electrons. The summed E-state index contributed by atoms with van der Waals surface area (Å²) in [5, 5.41) is 2.31. The summed E-state index contributed by atoms with van der Waals surface area (Å²) in [4.78, 5) is 40.0. The van der Waals surface area contributed by atoms with Crippen molar-refractivity contribution in [2.24, 2.45) is 0 Å². The van der Waals surface area contributed by atoms with Crippen molar-refractivity contribution in [3.8, 4) is 5.75 Å². The third-order valence-corrected chi connectivity index (χ3v) is 6.47. The van der Waals surface area contributed by atoms with Crippen LogP contribution >= 0.6 is 0 Å². The monoisotopic (exact) mass is 437 g/mol. The first-order valence-electron chi connectivity index (χ1n) is 10.9. The molecule has 5 rings (SSSR count). The predicted molar refractivity (Wildman–Crippen MR) is 114 cm³/mol. The van der Waals surface area contributed by atoms with E-state index in [0.29, 0.717) is 30.9 Å². The summed E-state index contributed by atoms with van der Waals surface area (Å²) < 4.78 is 19.8. The summed E-state index contributed by atoms with van der Waals surface area (Å²) >= 11 is 0. The van der Waals surface area contributed by atoms with Crippen LogP contribution in [0.25, 0.3) is 0 Å². The molecule has 0 spiro atoms. The van der Waals surface area contributed by atoms with Gasteiger partial charge in [0.25, 0.3) is 5.91 Å². The Kier molecular flexibility index (Phi) is 5.38. The number of benzene rings is 2. The molecule has 2 aromatic carbocycles. The van der Waals surface area contributed by atoms with Gasteiger partial charge in [-0.25, -0.2) is 4.39 Å². The van der Waals surface area contributed by atoms with Gasteiger partial charge < -0.3 is 9.64 Å². The average Bonchev–Trinajstić information content (AvgIpc) is 3.06. The van der Waals surface area contributed by atoms with Crippen molar-refractivity contribution < 1.29 is 23.5 Å². The van der Waals surface area contributed by atoms with E-state index in [1.807, 2.05) is 18.2 Å². The second-order valence-corrected chi connectivity index (χ2v) is 8.55. The van der Waals surface area contributed by atoms with E-state index in [-0.39, 0.29) is 30.0 Å². The zero-order valence-electron chi connectivity index (χ0n) is 17.6. The van der Waals surface area contributed by atoms with Gasteiger partial charge >= 0.3 is 0 Å². The molecule has 0 bridgehead atoms. The predicted octanol–water partition coefficient (Wildman–Crippen LogP) is 2.06. The number of piperidine rings is 1. The number of hydrogen-bond acceptors (Lipinski definition) is 5. The molecule has 3 aliphatic rings. The van der Waals surface area contributed by atoms with E-state index in [9.17, 15) is 18.8 Å². The number of carbonyl (C=O) groups is 3. The molecule has 7 nitrogen and oxygen atoms in total. The minimum atomic E-state index is -0.620. The maximum atomic E-state index is 13.9. The second-order valence-electron chi connectivity index (χ2n) is 8.55. The van der Waals surface area contributed by atoms with Gasteiger partial charge in [-0.1, -0.05) is 18.2 Å². The van der Waals surface area contributed by atoms with Gasteiger partial charge in [0.2, 0.25) is 11.8 Å². The van der Waals surface area contributed by atoms with Crippen molar-refractivity contribution in [2.45, 2.75) is 31.3 Å². The summed E-state index contributed by atoms with van der Waals surface area (Å²) in [5.41, 5.74) is 2.16. The van der Waals surface area contributed by atoms with Crippen molar-refractivity contribution in [1.82, 2.24) is 15.1 Å². The molecule has 2 saturated heterocycles. The fraction of sp³-hybridized carbons (Fsp3) is 0.375. The van der Waals surface area contributed by atoms with Gasteiger partial charge in [-0.2, -0.15) is 0 Å². The van der Waals surface area contributed by atoms with E-state index in [2.05, 4.69) is 10.2 Å². The largest absolute Gasteiger partial charge is 0.492 e. The van der Waals surface area contributed by atoms with Gasteiger partial charge in [0, 0.05) is 44.1 Å². The molecule has 1 unspecified atom stereocenters. The molecule has 3 amide bonds. The maximum absolute atomic E-state index is 13.9. The van der Waals surface area contributed by atoms with Crippen molar-refractivity contribution in [2.75, 3.05) is 26.2 Å². The van der Waals surface area contributed by atoms with Crippen LogP contribution in [0.2, 0.25) is 0 Å². The third kappa shape index (κ3) is 3.86. The highest BCUT2D eigenvalue weighted by molar-refractivity contribution is 6.05. The molecule has 1 N–H and O–H groups in total. The van der Waals surface area contributed by atoms with Gasteiger partial charge in [-0.05, 0) is 41.8 Å². The quantitative estimate of drug-likeness (QED) is 0.700. The van der Waals surface area contributed by atoms with Crippen molar-refractivity contribution in [3.05, 3.63) is 65.0 Å². The molecule has 8 heteroatoms. The molecular formula is C24H24FN3O4. The minimum Gasteiger partial charge on any atom is -0.492 e. The molecule has 32 heavy (non-hydrogen) atoms. The van der Waals surface area contributed by atoms with E-state index in [0.717, 1.165) is 30.8 Å². The highest BCUT2D eigenvalue weighted by Gasteiger charge is 2.39. The fourth-order valence-electron chi connectivity index (χ4n) is 4.69. The average molecular weight is 437 g/mol. The normalized spacial score (nSPS) is 21.3. The fourth-order valence-corrected chi connectivity index (χ4v) is 4.69. The SMILES string of the molecule is O=C1CCC(N2Cc3cc(OCCN4CC(c5ccccc5F)C4)ccc3C2=O)C(=O)N1. The molecule has 2 aromatic rings. The van der Waals surface area contributed by atoms with Crippen LogP contribution in [0, 0.1) is 5.82 Å². The summed E-state index contributed by atoms with van der Waals surface area (Å²) in [6, 6.07) is 11.6. The van der Waals surface area contributed by atoms with Crippen LogP contribution < -0.4 is 10.1 Å².